The van der Waals surface area contributed by atoms with Crippen molar-refractivity contribution in [2.75, 3.05) is 9.80 Å². The van der Waals surface area contributed by atoms with Crippen molar-refractivity contribution in [1.29, 1.82) is 0 Å². The Hall–Kier alpha value is -4.52. The number of carbonyl (C=O) groups is 4. The molecule has 41 heavy (non-hydrogen) atoms. The first-order chi connectivity index (χ1) is 19.7. The van der Waals surface area contributed by atoms with E-state index >= 15 is 0 Å². The maximum Gasteiger partial charge on any atom is 0.241 e. The predicted octanol–water partition coefficient (Wildman–Crippen LogP) is 5.14. The molecule has 2 aliphatic heterocycles. The fourth-order valence-corrected chi connectivity index (χ4v) is 7.91. The number of allylic oxidation sites excluding steroid dienone is 2. The van der Waals surface area contributed by atoms with E-state index in [4.69, 9.17) is 0 Å². The summed E-state index contributed by atoms with van der Waals surface area (Å²) in [6.45, 7) is 3.67. The van der Waals surface area contributed by atoms with Gasteiger partial charge in [-0.2, -0.15) is 0 Å². The normalized spacial score (nSPS) is 30.7. The summed E-state index contributed by atoms with van der Waals surface area (Å²) in [4.78, 5) is 58.8. The standard InChI is InChI=1S/C34H30N2O5/c1-19-17-20(13-16-27(19)37)29-23-14-15-24-28(32(40)35(30(24)38)21-9-5-3-6-10-21)25(23)18-26-31(39)36(33(41)34(26,29)2)22-11-7-4-8-12-22/h3-14,16-17,24-26,28-29,37H,15,18H2,1-2H3. The van der Waals surface area contributed by atoms with Crippen LogP contribution in [0.5, 0.6) is 5.75 Å². The van der Waals surface area contributed by atoms with E-state index in [1.807, 2.05) is 37.3 Å². The van der Waals surface area contributed by atoms with Gasteiger partial charge < -0.3 is 5.11 Å². The van der Waals surface area contributed by atoms with Crippen molar-refractivity contribution in [1.82, 2.24) is 0 Å². The Kier molecular flexibility index (Phi) is 5.58. The Labute approximate surface area is 238 Å². The number of phenols is 1. The first kappa shape index (κ1) is 25.4. The molecule has 6 atom stereocenters. The van der Waals surface area contributed by atoms with E-state index in [0.29, 0.717) is 29.8 Å². The molecule has 0 radical (unpaired) electrons. The number of rotatable bonds is 3. The van der Waals surface area contributed by atoms with Gasteiger partial charge in [-0.3, -0.25) is 24.1 Å². The highest BCUT2D eigenvalue weighted by atomic mass is 16.3. The molecule has 2 heterocycles. The van der Waals surface area contributed by atoms with E-state index in [2.05, 4.69) is 0 Å². The Morgan fingerprint density at radius 3 is 2.05 bits per heavy atom. The van der Waals surface area contributed by atoms with Gasteiger partial charge in [-0.05, 0) is 74.1 Å². The van der Waals surface area contributed by atoms with E-state index in [1.54, 1.807) is 61.5 Å². The lowest BCUT2D eigenvalue weighted by atomic mass is 9.51. The smallest absolute Gasteiger partial charge is 0.241 e. The summed E-state index contributed by atoms with van der Waals surface area (Å²) in [6.07, 6.45) is 2.75. The molecule has 4 amide bonds. The SMILES string of the molecule is Cc1cc(C2C3=CCC4C(=O)N(c5ccccc5)C(=O)C4C3CC3C(=O)N(c4ccccc4)C(=O)C32C)ccc1O. The predicted molar refractivity (Wildman–Crippen MR) is 153 cm³/mol. The fraction of sp³-hybridized carbons (Fsp3) is 0.294. The van der Waals surface area contributed by atoms with Crippen LogP contribution in [0.15, 0.2) is 90.5 Å². The number of benzene rings is 3. The molecule has 1 N–H and O–H groups in total. The number of aryl methyl sites for hydroxylation is 1. The van der Waals surface area contributed by atoms with Crippen LogP contribution in [-0.2, 0) is 19.2 Å². The van der Waals surface area contributed by atoms with E-state index in [9.17, 15) is 24.3 Å². The molecule has 3 aromatic rings. The molecule has 206 valence electrons. The van der Waals surface area contributed by atoms with Crippen molar-refractivity contribution in [2.24, 2.45) is 29.1 Å². The Morgan fingerprint density at radius 2 is 1.41 bits per heavy atom. The van der Waals surface area contributed by atoms with Gasteiger partial charge in [0, 0.05) is 5.92 Å². The van der Waals surface area contributed by atoms with Gasteiger partial charge >= 0.3 is 0 Å². The van der Waals surface area contributed by atoms with Gasteiger partial charge in [-0.1, -0.05) is 60.2 Å². The summed E-state index contributed by atoms with van der Waals surface area (Å²) in [5, 5.41) is 10.3. The highest BCUT2D eigenvalue weighted by Crippen LogP contribution is 2.63. The monoisotopic (exact) mass is 546 g/mol. The van der Waals surface area contributed by atoms with Crippen LogP contribution < -0.4 is 9.80 Å². The van der Waals surface area contributed by atoms with Crippen molar-refractivity contribution in [2.45, 2.75) is 32.6 Å². The van der Waals surface area contributed by atoms with Crippen LogP contribution in [0.2, 0.25) is 0 Å². The molecule has 1 saturated carbocycles. The van der Waals surface area contributed by atoms with Gasteiger partial charge in [0.25, 0.3) is 0 Å². The molecule has 0 spiro atoms. The van der Waals surface area contributed by atoms with Crippen LogP contribution in [0.25, 0.3) is 0 Å². The average Bonchev–Trinajstić information content (AvgIpc) is 3.35. The molecular formula is C34H30N2O5. The third-order valence-electron chi connectivity index (χ3n) is 9.86. The summed E-state index contributed by atoms with van der Waals surface area (Å²) < 4.78 is 0. The molecular weight excluding hydrogens is 516 g/mol. The third kappa shape index (κ3) is 3.44. The zero-order valence-corrected chi connectivity index (χ0v) is 22.9. The van der Waals surface area contributed by atoms with Gasteiger partial charge in [0.15, 0.2) is 0 Å². The van der Waals surface area contributed by atoms with Gasteiger partial charge in [0.05, 0.1) is 34.5 Å². The molecule has 7 nitrogen and oxygen atoms in total. The first-order valence-electron chi connectivity index (χ1n) is 14.1. The topological polar surface area (TPSA) is 95.0 Å². The minimum absolute atomic E-state index is 0.148. The van der Waals surface area contributed by atoms with Crippen LogP contribution in [0.4, 0.5) is 11.4 Å². The second-order valence-corrected chi connectivity index (χ2v) is 11.9. The number of para-hydroxylation sites is 2. The number of hydrogen-bond acceptors (Lipinski definition) is 5. The first-order valence-corrected chi connectivity index (χ1v) is 14.1. The largest absolute Gasteiger partial charge is 0.508 e. The van der Waals surface area contributed by atoms with E-state index in [-0.39, 0.29) is 35.3 Å². The molecule has 0 bridgehead atoms. The van der Waals surface area contributed by atoms with Crippen LogP contribution in [0.1, 0.15) is 36.8 Å². The number of amides is 4. The number of anilines is 2. The number of nitrogens with zero attached hydrogens (tertiary/aromatic N) is 2. The average molecular weight is 547 g/mol. The Balaban J connectivity index is 1.38. The number of imide groups is 2. The van der Waals surface area contributed by atoms with Gasteiger partial charge in [-0.25, -0.2) is 4.90 Å². The molecule has 7 heteroatoms. The number of aromatic hydroxyl groups is 1. The summed E-state index contributed by atoms with van der Waals surface area (Å²) in [5.41, 5.74) is 2.38. The van der Waals surface area contributed by atoms with Crippen LogP contribution in [0, 0.1) is 36.0 Å². The second-order valence-electron chi connectivity index (χ2n) is 11.9. The number of fused-ring (bicyclic) bond motifs is 4. The zero-order chi connectivity index (χ0) is 28.6. The summed E-state index contributed by atoms with van der Waals surface area (Å²) >= 11 is 0. The highest BCUT2D eigenvalue weighted by molar-refractivity contribution is 6.25. The third-order valence-corrected chi connectivity index (χ3v) is 9.86. The van der Waals surface area contributed by atoms with Crippen molar-refractivity contribution >= 4 is 35.0 Å². The van der Waals surface area contributed by atoms with Crippen molar-refractivity contribution in [3.05, 3.63) is 102 Å². The molecule has 2 saturated heterocycles. The minimum Gasteiger partial charge on any atom is -0.508 e. The lowest BCUT2D eigenvalue weighted by Gasteiger charge is -2.49. The highest BCUT2D eigenvalue weighted by Gasteiger charge is 2.67. The molecule has 6 unspecified atom stereocenters. The molecule has 7 rings (SSSR count). The summed E-state index contributed by atoms with van der Waals surface area (Å²) in [5.74, 6) is -3.53. The van der Waals surface area contributed by atoms with E-state index < -0.39 is 29.1 Å². The van der Waals surface area contributed by atoms with Gasteiger partial charge in [-0.15, -0.1) is 0 Å². The van der Waals surface area contributed by atoms with E-state index in [0.717, 1.165) is 11.1 Å². The Bertz CT molecular complexity index is 1650. The molecule has 0 aromatic heterocycles. The molecule has 3 aromatic carbocycles. The number of phenolic OH excluding ortho intramolecular Hbond substituents is 1. The lowest BCUT2D eigenvalue weighted by Crippen LogP contribution is -2.48. The van der Waals surface area contributed by atoms with Gasteiger partial charge in [0.1, 0.15) is 5.75 Å². The van der Waals surface area contributed by atoms with Crippen LogP contribution in [-0.4, -0.2) is 28.7 Å². The quantitative estimate of drug-likeness (QED) is 0.363. The molecule has 4 aliphatic rings. The van der Waals surface area contributed by atoms with Crippen molar-refractivity contribution in [3.63, 3.8) is 0 Å². The lowest BCUT2D eigenvalue weighted by molar-refractivity contribution is -0.131. The van der Waals surface area contributed by atoms with Crippen molar-refractivity contribution in [3.8, 4) is 5.75 Å². The minimum atomic E-state index is -1.10. The van der Waals surface area contributed by atoms with Gasteiger partial charge in [0.2, 0.25) is 23.6 Å². The number of carbonyl (C=O) groups excluding carboxylic acids is 4. The van der Waals surface area contributed by atoms with Crippen molar-refractivity contribution < 1.29 is 24.3 Å². The summed E-state index contributed by atoms with van der Waals surface area (Å²) in [7, 11) is 0. The Morgan fingerprint density at radius 1 is 0.780 bits per heavy atom. The summed E-state index contributed by atoms with van der Waals surface area (Å²) in [6, 6.07) is 23.2. The zero-order valence-electron chi connectivity index (χ0n) is 22.9. The second kappa shape index (κ2) is 8.99. The maximum absolute atomic E-state index is 14.4. The van der Waals surface area contributed by atoms with Crippen LogP contribution in [0.3, 0.4) is 0 Å². The molecule has 3 fully saturated rings. The fourth-order valence-electron chi connectivity index (χ4n) is 7.91. The van der Waals surface area contributed by atoms with Crippen LogP contribution >= 0.6 is 0 Å². The maximum atomic E-state index is 14.4. The molecule has 2 aliphatic carbocycles. The van der Waals surface area contributed by atoms with E-state index in [1.165, 1.54) is 9.80 Å². The number of hydrogen-bond donors (Lipinski definition) is 1.